The van der Waals surface area contributed by atoms with Crippen molar-refractivity contribution in [2.75, 3.05) is 34.0 Å². The van der Waals surface area contributed by atoms with Crippen molar-refractivity contribution < 1.29 is 42.9 Å². The Morgan fingerprint density at radius 1 is 0.857 bits per heavy atom. The highest BCUT2D eigenvalue weighted by Gasteiger charge is 2.40. The summed E-state index contributed by atoms with van der Waals surface area (Å²) in [6.07, 6.45) is -0.119. The molecule has 3 unspecified atom stereocenters. The second kappa shape index (κ2) is 24.2. The fourth-order valence-electron chi connectivity index (χ4n) is 5.90. The van der Waals surface area contributed by atoms with Crippen molar-refractivity contribution in [3.63, 3.8) is 0 Å². The lowest BCUT2D eigenvalue weighted by Crippen LogP contribution is -2.42. The molecule has 0 bridgehead atoms. The summed E-state index contributed by atoms with van der Waals surface area (Å²) in [4.78, 5) is 63.7. The molecule has 56 heavy (non-hydrogen) atoms. The van der Waals surface area contributed by atoms with Crippen molar-refractivity contribution in [3.8, 4) is 23.7 Å². The molecule has 1 heterocycles. The van der Waals surface area contributed by atoms with E-state index in [9.17, 15) is 24.0 Å². The van der Waals surface area contributed by atoms with Gasteiger partial charge in [-0.05, 0) is 52.4 Å². The number of methoxy groups -OCH3 is 2. The molecule has 2 amide bonds. The van der Waals surface area contributed by atoms with E-state index in [2.05, 4.69) is 29.0 Å². The number of aldehydes is 1. The van der Waals surface area contributed by atoms with Gasteiger partial charge < -0.3 is 45.4 Å². The van der Waals surface area contributed by atoms with E-state index >= 15 is 0 Å². The van der Waals surface area contributed by atoms with Crippen molar-refractivity contribution in [1.82, 2.24) is 10.2 Å². The fourth-order valence-corrected chi connectivity index (χ4v) is 5.90. The summed E-state index contributed by atoms with van der Waals surface area (Å²) < 4.78 is 20.7. The topological polar surface area (TPSA) is 190 Å². The first kappa shape index (κ1) is 46.7. The van der Waals surface area contributed by atoms with E-state index in [-0.39, 0.29) is 69.7 Å². The van der Waals surface area contributed by atoms with E-state index in [1.54, 1.807) is 18.2 Å². The molecule has 0 aromatic heterocycles. The van der Waals surface area contributed by atoms with Gasteiger partial charge in [-0.2, -0.15) is 0 Å². The largest absolute Gasteiger partial charge is 0.467 e. The van der Waals surface area contributed by atoms with Crippen molar-refractivity contribution >= 4 is 55.0 Å². The Hall–Kier alpha value is -5.41. The molecule has 0 spiro atoms. The molecule has 0 saturated carbocycles. The van der Waals surface area contributed by atoms with Gasteiger partial charge in [0.15, 0.2) is 19.5 Å². The molecule has 298 valence electrons. The number of nitrogens with one attached hydrogen (secondary N) is 1. The van der Waals surface area contributed by atoms with E-state index in [4.69, 9.17) is 30.4 Å². The van der Waals surface area contributed by atoms with Gasteiger partial charge in [-0.15, -0.1) is 24.8 Å². The van der Waals surface area contributed by atoms with Crippen LogP contribution in [-0.2, 0) is 64.1 Å². The molecule has 3 aromatic rings. The number of rotatable bonds is 14. The van der Waals surface area contributed by atoms with E-state index in [0.717, 1.165) is 22.3 Å². The zero-order chi connectivity index (χ0) is 38.9. The maximum absolute atomic E-state index is 13.2. The number of alkyl carbamates (subject to hydrolysis) is 1. The Morgan fingerprint density at radius 3 is 2.04 bits per heavy atom. The van der Waals surface area contributed by atoms with Gasteiger partial charge in [0.1, 0.15) is 12.1 Å². The molecule has 13 nitrogen and oxygen atoms in total. The molecule has 1 fully saturated rings. The molecule has 3 atom stereocenters. The van der Waals surface area contributed by atoms with Gasteiger partial charge in [0.25, 0.3) is 0 Å². The molecule has 1 aliphatic rings. The number of hydrogen-bond acceptors (Lipinski definition) is 11. The van der Waals surface area contributed by atoms with Crippen molar-refractivity contribution in [1.29, 1.82) is 0 Å². The van der Waals surface area contributed by atoms with Crippen LogP contribution in [0.2, 0.25) is 0 Å². The predicted octanol–water partition coefficient (Wildman–Crippen LogP) is 3.32. The van der Waals surface area contributed by atoms with Gasteiger partial charge in [0.05, 0.1) is 19.6 Å². The van der Waals surface area contributed by atoms with E-state index in [1.807, 2.05) is 48.5 Å². The van der Waals surface area contributed by atoms with Gasteiger partial charge in [0, 0.05) is 50.7 Å². The predicted molar refractivity (Wildman–Crippen MR) is 213 cm³/mol. The third-order valence-corrected chi connectivity index (χ3v) is 8.55. The Morgan fingerprint density at radius 2 is 1.45 bits per heavy atom. The van der Waals surface area contributed by atoms with Gasteiger partial charge in [-0.1, -0.05) is 72.2 Å². The number of likely N-dealkylation sites (tertiary alicyclic amines) is 1. The first-order chi connectivity index (χ1) is 26.2. The Labute approximate surface area is 338 Å². The number of hydrogen-bond donors (Lipinski definition) is 3. The van der Waals surface area contributed by atoms with Crippen molar-refractivity contribution in [3.05, 3.63) is 106 Å². The highest BCUT2D eigenvalue weighted by Crippen LogP contribution is 2.22. The quantitative estimate of drug-likeness (QED) is 0.0938. The smallest absolute Gasteiger partial charge is 0.408 e. The number of amides is 2. The third-order valence-electron chi connectivity index (χ3n) is 8.55. The van der Waals surface area contributed by atoms with Gasteiger partial charge in [-0.3, -0.25) is 9.59 Å². The number of carbonyl (C=O) groups is 5. The zero-order valence-corrected chi connectivity index (χ0v) is 32.7. The number of esters is 2. The van der Waals surface area contributed by atoms with Crippen LogP contribution in [-0.4, -0.2) is 81.2 Å². The van der Waals surface area contributed by atoms with E-state index in [0.29, 0.717) is 42.5 Å². The van der Waals surface area contributed by atoms with Gasteiger partial charge >= 0.3 is 18.0 Å². The van der Waals surface area contributed by atoms with Crippen LogP contribution in [0.3, 0.4) is 0 Å². The number of ether oxygens (including phenoxy) is 4. The summed E-state index contributed by atoms with van der Waals surface area (Å²) in [5.74, 6) is 10.1. The van der Waals surface area contributed by atoms with Crippen LogP contribution in [0.15, 0.2) is 66.7 Å². The minimum absolute atomic E-state index is 0. The standard InChI is InChI=1S/C41H44N4O9.2ClH/c1-51-37(27-46)34-20-29(11-5-15-53-39(48)22-31-8-4-10-33(19-31)25-43)18-30(21-34)12-6-16-54-41(50)44-35-23-36(40(49)52-2)45(26-35)38(47)14-13-28-7-3-9-32(17-28)24-42;;/h3-4,7-10,17-21,27,35-37H,13-16,22-26,42-43H2,1-2H3,(H,44,50);2*1H. The molecule has 15 heteroatoms. The van der Waals surface area contributed by atoms with Crippen LogP contribution < -0.4 is 16.8 Å². The maximum Gasteiger partial charge on any atom is 0.408 e. The highest BCUT2D eigenvalue weighted by atomic mass is 35.5. The third kappa shape index (κ3) is 14.3. The summed E-state index contributed by atoms with van der Waals surface area (Å²) in [6.45, 7) is 0.441. The fraction of sp³-hybridized carbons (Fsp3) is 0.341. The highest BCUT2D eigenvalue weighted by molar-refractivity contribution is 5.86. The average Bonchev–Trinajstić information content (AvgIpc) is 3.61. The summed E-state index contributed by atoms with van der Waals surface area (Å²) in [7, 11) is 2.65. The van der Waals surface area contributed by atoms with E-state index in [1.165, 1.54) is 19.1 Å². The average molecular weight is 810 g/mol. The molecular weight excluding hydrogens is 763 g/mol. The monoisotopic (exact) mass is 808 g/mol. The summed E-state index contributed by atoms with van der Waals surface area (Å²) in [6, 6.07) is 18.6. The van der Waals surface area contributed by atoms with E-state index < -0.39 is 36.2 Å². The number of nitrogens with two attached hydrogens (primary N) is 2. The first-order valence-electron chi connectivity index (χ1n) is 17.3. The lowest BCUT2D eigenvalue weighted by atomic mass is 10.0. The number of nitrogens with zero attached hydrogens (tertiary/aromatic N) is 1. The van der Waals surface area contributed by atoms with Crippen LogP contribution in [0.25, 0.3) is 0 Å². The molecule has 1 saturated heterocycles. The summed E-state index contributed by atoms with van der Waals surface area (Å²) in [5, 5.41) is 2.70. The second-order valence-electron chi connectivity index (χ2n) is 12.4. The number of halogens is 2. The molecule has 4 rings (SSSR count). The number of benzene rings is 3. The van der Waals surface area contributed by atoms with Crippen LogP contribution in [0, 0.1) is 23.7 Å². The molecule has 5 N–H and O–H groups in total. The molecular formula is C41H46Cl2N4O9. The Balaban J connectivity index is 0.00000541. The lowest BCUT2D eigenvalue weighted by molar-refractivity contribution is -0.150. The normalized spacial score (nSPS) is 14.5. The Bertz CT molecular complexity index is 1950. The summed E-state index contributed by atoms with van der Waals surface area (Å²) in [5.41, 5.74) is 16.5. The van der Waals surface area contributed by atoms with Crippen molar-refractivity contribution in [2.45, 2.75) is 57.0 Å². The van der Waals surface area contributed by atoms with Crippen molar-refractivity contribution in [2.24, 2.45) is 11.5 Å². The maximum atomic E-state index is 13.2. The van der Waals surface area contributed by atoms with Gasteiger partial charge in [0.2, 0.25) is 5.91 Å². The zero-order valence-electron chi connectivity index (χ0n) is 31.1. The van der Waals surface area contributed by atoms with Crippen LogP contribution in [0.1, 0.15) is 57.9 Å². The number of carbonyl (C=O) groups excluding carboxylic acids is 5. The Kier molecular flexibility index (Phi) is 20.2. The second-order valence-corrected chi connectivity index (χ2v) is 12.4. The van der Waals surface area contributed by atoms with Gasteiger partial charge in [-0.25, -0.2) is 9.59 Å². The van der Waals surface area contributed by atoms with Crippen LogP contribution in [0.4, 0.5) is 4.79 Å². The lowest BCUT2D eigenvalue weighted by Gasteiger charge is -2.22. The molecule has 3 aromatic carbocycles. The van der Waals surface area contributed by atoms with Crippen LogP contribution in [0.5, 0.6) is 0 Å². The number of aryl methyl sites for hydroxylation is 1. The summed E-state index contributed by atoms with van der Waals surface area (Å²) >= 11 is 0. The minimum Gasteiger partial charge on any atom is -0.467 e. The molecule has 1 aliphatic heterocycles. The first-order valence-corrected chi connectivity index (χ1v) is 17.3. The molecule has 0 aliphatic carbocycles. The minimum atomic E-state index is -0.870. The van der Waals surface area contributed by atoms with Crippen LogP contribution >= 0.6 is 24.8 Å². The molecule has 0 radical (unpaired) electrons. The SMILES string of the molecule is COC(=O)C1CC(NC(=O)OCC#Cc2cc(C#CCOC(=O)Cc3cccc(CN)c3)cc(C(C=O)OC)c2)CN1C(=O)CCc1cccc(CN)c1.Cl.Cl.